The standard InChI is InChI=1S/C23H23FN4O4/c1-32-17-5-3-16(4-6-17)28-22(30)20(27-23(28)31)8-9-21(29)25-11-10-14-13-26-19-7-2-15(24)12-18(14)19/h2-7,12-13,20,26H,8-11H2,1H3,(H,25,29)(H,27,31)/t20-/m0/s1. The van der Waals surface area contributed by atoms with Gasteiger partial charge in [-0.15, -0.1) is 0 Å². The average Bonchev–Trinajstić information content (AvgIpc) is 3.31. The SMILES string of the molecule is COc1ccc(N2C(=O)N[C@@H](CCC(=O)NCCc3c[nH]c4ccc(F)cc34)C2=O)cc1. The van der Waals surface area contributed by atoms with Crippen molar-refractivity contribution >= 4 is 34.4 Å². The number of aromatic nitrogens is 1. The lowest BCUT2D eigenvalue weighted by atomic mass is 10.1. The third-order valence-electron chi connectivity index (χ3n) is 5.46. The lowest BCUT2D eigenvalue weighted by Crippen LogP contribution is -2.33. The predicted molar refractivity (Wildman–Crippen MR) is 117 cm³/mol. The van der Waals surface area contributed by atoms with E-state index in [2.05, 4.69) is 15.6 Å². The summed E-state index contributed by atoms with van der Waals surface area (Å²) in [5, 5.41) is 6.22. The quantitative estimate of drug-likeness (QED) is 0.471. The molecule has 4 rings (SSSR count). The Hall–Kier alpha value is -3.88. The van der Waals surface area contributed by atoms with Crippen molar-refractivity contribution in [3.63, 3.8) is 0 Å². The molecule has 0 saturated carbocycles. The summed E-state index contributed by atoms with van der Waals surface area (Å²) in [7, 11) is 1.53. The first-order chi connectivity index (χ1) is 15.5. The number of methoxy groups -OCH3 is 1. The van der Waals surface area contributed by atoms with Gasteiger partial charge in [-0.25, -0.2) is 14.1 Å². The van der Waals surface area contributed by atoms with E-state index in [0.717, 1.165) is 21.4 Å². The monoisotopic (exact) mass is 438 g/mol. The van der Waals surface area contributed by atoms with Gasteiger partial charge in [0.2, 0.25) is 5.91 Å². The summed E-state index contributed by atoms with van der Waals surface area (Å²) in [6.07, 6.45) is 2.63. The van der Waals surface area contributed by atoms with Crippen LogP contribution in [-0.2, 0) is 16.0 Å². The van der Waals surface area contributed by atoms with Crippen LogP contribution in [0.5, 0.6) is 5.75 Å². The van der Waals surface area contributed by atoms with Crippen molar-refractivity contribution in [2.75, 3.05) is 18.6 Å². The highest BCUT2D eigenvalue weighted by Crippen LogP contribution is 2.24. The molecule has 1 fully saturated rings. The van der Waals surface area contributed by atoms with Crippen molar-refractivity contribution in [3.8, 4) is 5.75 Å². The molecule has 8 nitrogen and oxygen atoms in total. The van der Waals surface area contributed by atoms with E-state index in [9.17, 15) is 18.8 Å². The molecule has 0 unspecified atom stereocenters. The molecule has 3 aromatic rings. The van der Waals surface area contributed by atoms with Crippen LogP contribution >= 0.6 is 0 Å². The third kappa shape index (κ3) is 4.41. The van der Waals surface area contributed by atoms with Crippen LogP contribution < -0.4 is 20.3 Å². The van der Waals surface area contributed by atoms with Crippen LogP contribution in [0.2, 0.25) is 0 Å². The number of rotatable bonds is 8. The number of urea groups is 1. The second kappa shape index (κ2) is 9.09. The summed E-state index contributed by atoms with van der Waals surface area (Å²) in [6, 6.07) is 9.84. The Balaban J connectivity index is 1.26. The maximum Gasteiger partial charge on any atom is 0.329 e. The van der Waals surface area contributed by atoms with E-state index in [0.29, 0.717) is 24.4 Å². The largest absolute Gasteiger partial charge is 0.497 e. The van der Waals surface area contributed by atoms with Gasteiger partial charge in [0.05, 0.1) is 12.8 Å². The molecule has 1 aliphatic heterocycles. The zero-order chi connectivity index (χ0) is 22.7. The van der Waals surface area contributed by atoms with E-state index in [1.807, 2.05) is 0 Å². The van der Waals surface area contributed by atoms with E-state index in [4.69, 9.17) is 4.74 Å². The molecule has 0 bridgehead atoms. The topological polar surface area (TPSA) is 104 Å². The Labute approximate surface area is 183 Å². The number of fused-ring (bicyclic) bond motifs is 1. The van der Waals surface area contributed by atoms with E-state index < -0.39 is 18.0 Å². The molecule has 4 amide bonds. The number of nitrogens with zero attached hydrogens (tertiary/aromatic N) is 1. The third-order valence-corrected chi connectivity index (χ3v) is 5.46. The van der Waals surface area contributed by atoms with Crippen LogP contribution in [-0.4, -0.2) is 42.5 Å². The molecule has 166 valence electrons. The van der Waals surface area contributed by atoms with Gasteiger partial charge in [-0.2, -0.15) is 0 Å². The fraction of sp³-hybridized carbons (Fsp3) is 0.261. The summed E-state index contributed by atoms with van der Waals surface area (Å²) < 4.78 is 18.6. The van der Waals surface area contributed by atoms with E-state index in [1.165, 1.54) is 19.2 Å². The van der Waals surface area contributed by atoms with Gasteiger partial charge in [0.25, 0.3) is 5.91 Å². The van der Waals surface area contributed by atoms with Gasteiger partial charge in [0.15, 0.2) is 0 Å². The highest BCUT2D eigenvalue weighted by Gasteiger charge is 2.38. The number of imide groups is 1. The van der Waals surface area contributed by atoms with Crippen molar-refractivity contribution in [2.24, 2.45) is 0 Å². The smallest absolute Gasteiger partial charge is 0.329 e. The highest BCUT2D eigenvalue weighted by atomic mass is 19.1. The molecular weight excluding hydrogens is 415 g/mol. The van der Waals surface area contributed by atoms with Crippen LogP contribution in [0.25, 0.3) is 10.9 Å². The van der Waals surface area contributed by atoms with Gasteiger partial charge in [0.1, 0.15) is 17.6 Å². The number of benzene rings is 2. The molecule has 0 aliphatic carbocycles. The number of aromatic amines is 1. The fourth-order valence-electron chi connectivity index (χ4n) is 3.76. The maximum absolute atomic E-state index is 13.5. The zero-order valence-corrected chi connectivity index (χ0v) is 17.5. The van der Waals surface area contributed by atoms with Crippen LogP contribution in [0.4, 0.5) is 14.9 Å². The number of hydrogen-bond acceptors (Lipinski definition) is 4. The molecule has 9 heteroatoms. The Morgan fingerprint density at radius 3 is 2.72 bits per heavy atom. The van der Waals surface area contributed by atoms with Gasteiger partial charge in [-0.3, -0.25) is 9.59 Å². The minimum absolute atomic E-state index is 0.0929. The molecule has 32 heavy (non-hydrogen) atoms. The van der Waals surface area contributed by atoms with Crippen molar-refractivity contribution in [1.82, 2.24) is 15.6 Å². The first-order valence-electron chi connectivity index (χ1n) is 10.3. The normalized spacial score (nSPS) is 15.8. The first kappa shape index (κ1) is 21.4. The van der Waals surface area contributed by atoms with Gasteiger partial charge >= 0.3 is 6.03 Å². The number of H-pyrrole nitrogens is 1. The van der Waals surface area contributed by atoms with Crippen molar-refractivity contribution in [3.05, 3.63) is 60.0 Å². The highest BCUT2D eigenvalue weighted by molar-refractivity contribution is 6.21. The van der Waals surface area contributed by atoms with Gasteiger partial charge < -0.3 is 20.4 Å². The molecular formula is C23H23FN4O4. The number of carbonyl (C=O) groups excluding carboxylic acids is 3. The average molecular weight is 438 g/mol. The minimum atomic E-state index is -0.757. The molecule has 3 N–H and O–H groups in total. The predicted octanol–water partition coefficient (Wildman–Crippen LogP) is 2.88. The van der Waals surface area contributed by atoms with Crippen LogP contribution in [0.3, 0.4) is 0 Å². The van der Waals surface area contributed by atoms with Crippen molar-refractivity contribution in [1.29, 1.82) is 0 Å². The number of carbonyl (C=O) groups is 3. The summed E-state index contributed by atoms with van der Waals surface area (Å²) >= 11 is 0. The molecule has 1 saturated heterocycles. The first-order valence-corrected chi connectivity index (χ1v) is 10.3. The van der Waals surface area contributed by atoms with E-state index in [-0.39, 0.29) is 24.6 Å². The van der Waals surface area contributed by atoms with Gasteiger partial charge in [-0.05, 0) is 60.9 Å². The van der Waals surface area contributed by atoms with Crippen molar-refractivity contribution in [2.45, 2.75) is 25.3 Å². The fourth-order valence-corrected chi connectivity index (χ4v) is 3.76. The lowest BCUT2D eigenvalue weighted by molar-refractivity contribution is -0.121. The van der Waals surface area contributed by atoms with Gasteiger partial charge in [-0.1, -0.05) is 0 Å². The number of hydrogen-bond donors (Lipinski definition) is 3. The minimum Gasteiger partial charge on any atom is -0.497 e. The number of nitrogens with one attached hydrogen (secondary N) is 3. The van der Waals surface area contributed by atoms with Crippen LogP contribution in [0, 0.1) is 5.82 Å². The Kier molecular flexibility index (Phi) is 6.07. The number of anilines is 1. The maximum atomic E-state index is 13.5. The molecule has 1 aromatic heterocycles. The van der Waals surface area contributed by atoms with E-state index in [1.54, 1.807) is 36.5 Å². The molecule has 0 spiro atoms. The summed E-state index contributed by atoms with van der Waals surface area (Å²) in [5.74, 6) is -0.309. The number of ether oxygens (including phenoxy) is 1. The number of amides is 4. The van der Waals surface area contributed by atoms with Crippen molar-refractivity contribution < 1.29 is 23.5 Å². The summed E-state index contributed by atoms with van der Waals surface area (Å²) in [5.41, 5.74) is 2.19. The Morgan fingerprint density at radius 2 is 1.97 bits per heavy atom. The molecule has 1 atom stereocenters. The molecule has 2 aromatic carbocycles. The molecule has 0 radical (unpaired) electrons. The van der Waals surface area contributed by atoms with Crippen LogP contribution in [0.1, 0.15) is 18.4 Å². The second-order valence-corrected chi connectivity index (χ2v) is 7.52. The van der Waals surface area contributed by atoms with Crippen LogP contribution in [0.15, 0.2) is 48.7 Å². The molecule has 2 heterocycles. The number of halogens is 1. The van der Waals surface area contributed by atoms with Gasteiger partial charge in [0, 0.05) is 30.1 Å². The zero-order valence-electron chi connectivity index (χ0n) is 17.5. The summed E-state index contributed by atoms with van der Waals surface area (Å²) in [4.78, 5) is 41.3. The summed E-state index contributed by atoms with van der Waals surface area (Å²) in [6.45, 7) is 0.380. The molecule has 1 aliphatic rings. The van der Waals surface area contributed by atoms with E-state index >= 15 is 0 Å². The second-order valence-electron chi connectivity index (χ2n) is 7.52. The Bertz CT molecular complexity index is 1160. The lowest BCUT2D eigenvalue weighted by Gasteiger charge is -2.13. The Morgan fingerprint density at radius 1 is 1.19 bits per heavy atom.